The molecule has 1 aromatic heterocycles. The molecule has 0 bridgehead atoms. The molecule has 0 saturated carbocycles. The van der Waals surface area contributed by atoms with Gasteiger partial charge in [-0.2, -0.15) is 0 Å². The molecule has 120 valence electrons. The van der Waals surface area contributed by atoms with Gasteiger partial charge in [0.15, 0.2) is 5.16 Å². The Bertz CT molecular complexity index is 598. The molecule has 22 heavy (non-hydrogen) atoms. The van der Waals surface area contributed by atoms with Crippen molar-refractivity contribution in [2.24, 2.45) is 0 Å². The van der Waals surface area contributed by atoms with E-state index in [1.54, 1.807) is 4.90 Å². The third-order valence-electron chi connectivity index (χ3n) is 3.02. The van der Waals surface area contributed by atoms with Crippen LogP contribution in [-0.2, 0) is 25.5 Å². The van der Waals surface area contributed by atoms with Crippen molar-refractivity contribution in [2.75, 3.05) is 39.2 Å². The summed E-state index contributed by atoms with van der Waals surface area (Å²) in [7, 11) is 1.27. The summed E-state index contributed by atoms with van der Waals surface area (Å²) in [6.45, 7) is 2.23. The summed E-state index contributed by atoms with van der Waals surface area (Å²) in [5.74, 6) is -0.335. The van der Waals surface area contributed by atoms with Crippen LogP contribution in [0, 0.1) is 0 Å². The molecule has 0 atom stereocenters. The van der Waals surface area contributed by atoms with Crippen LogP contribution < -0.4 is 5.56 Å². The van der Waals surface area contributed by atoms with Crippen molar-refractivity contribution in [3.05, 3.63) is 22.1 Å². The number of nitrogens with zero attached hydrogens (tertiary/aromatic N) is 2. The van der Waals surface area contributed by atoms with Crippen LogP contribution >= 0.6 is 11.8 Å². The molecule has 0 spiro atoms. The zero-order valence-electron chi connectivity index (χ0n) is 12.2. The van der Waals surface area contributed by atoms with Crippen LogP contribution in [0.3, 0.4) is 0 Å². The van der Waals surface area contributed by atoms with Crippen molar-refractivity contribution in [2.45, 2.75) is 11.6 Å². The van der Waals surface area contributed by atoms with Gasteiger partial charge >= 0.3 is 5.97 Å². The number of H-pyrrole nitrogens is 1. The van der Waals surface area contributed by atoms with E-state index >= 15 is 0 Å². The third kappa shape index (κ3) is 4.85. The Morgan fingerprint density at radius 3 is 2.86 bits per heavy atom. The van der Waals surface area contributed by atoms with Crippen LogP contribution in [0.2, 0.25) is 0 Å². The van der Waals surface area contributed by atoms with Crippen LogP contribution in [0.1, 0.15) is 5.69 Å². The van der Waals surface area contributed by atoms with Crippen LogP contribution in [0.5, 0.6) is 0 Å². The summed E-state index contributed by atoms with van der Waals surface area (Å²) in [5, 5.41) is 0.313. The maximum Gasteiger partial charge on any atom is 0.311 e. The molecule has 0 aliphatic carbocycles. The summed E-state index contributed by atoms with van der Waals surface area (Å²) in [5.41, 5.74) is -0.0489. The fraction of sp³-hybridized carbons (Fsp3) is 0.538. The van der Waals surface area contributed by atoms with Gasteiger partial charge in [-0.3, -0.25) is 14.4 Å². The number of thioether (sulfide) groups is 1. The van der Waals surface area contributed by atoms with E-state index in [0.29, 0.717) is 37.2 Å². The van der Waals surface area contributed by atoms with Crippen LogP contribution in [0.25, 0.3) is 0 Å². The molecule has 2 rings (SSSR count). The zero-order valence-corrected chi connectivity index (χ0v) is 13.0. The molecular weight excluding hydrogens is 310 g/mol. The van der Waals surface area contributed by atoms with E-state index < -0.39 is 5.97 Å². The van der Waals surface area contributed by atoms with E-state index in [9.17, 15) is 14.4 Å². The van der Waals surface area contributed by atoms with Gasteiger partial charge < -0.3 is 19.4 Å². The standard InChI is InChI=1S/C13H17N3O5S/c1-20-12(19)7-9-6-10(17)15-13(14-9)22-8-11(18)16-2-4-21-5-3-16/h6H,2-5,7-8H2,1H3,(H,14,15,17). The van der Waals surface area contributed by atoms with Gasteiger partial charge in [0.1, 0.15) is 0 Å². The number of aromatic amines is 1. The third-order valence-corrected chi connectivity index (χ3v) is 3.88. The molecular formula is C13H17N3O5S. The Labute approximate surface area is 131 Å². The van der Waals surface area contributed by atoms with E-state index in [-0.39, 0.29) is 23.6 Å². The summed E-state index contributed by atoms with van der Waals surface area (Å²) in [6.07, 6.45) is -0.0780. The molecule has 1 aliphatic heterocycles. The van der Waals surface area contributed by atoms with Gasteiger partial charge in [0.05, 0.1) is 38.2 Å². The highest BCUT2D eigenvalue weighted by molar-refractivity contribution is 7.99. The number of hydrogen-bond donors (Lipinski definition) is 1. The second-order valence-corrected chi connectivity index (χ2v) is 5.54. The van der Waals surface area contributed by atoms with Crippen molar-refractivity contribution in [1.29, 1.82) is 0 Å². The number of nitrogens with one attached hydrogen (secondary N) is 1. The lowest BCUT2D eigenvalue weighted by Crippen LogP contribution is -2.41. The van der Waals surface area contributed by atoms with Gasteiger partial charge in [-0.1, -0.05) is 11.8 Å². The Balaban J connectivity index is 1.95. The number of methoxy groups -OCH3 is 1. The number of carbonyl (C=O) groups is 2. The number of hydrogen-bond acceptors (Lipinski definition) is 7. The second-order valence-electron chi connectivity index (χ2n) is 4.58. The maximum absolute atomic E-state index is 12.0. The highest BCUT2D eigenvalue weighted by Gasteiger charge is 2.17. The molecule has 1 aliphatic rings. The summed E-state index contributed by atoms with van der Waals surface area (Å²) in [6, 6.07) is 1.24. The Kier molecular flexibility index (Phi) is 5.96. The van der Waals surface area contributed by atoms with Crippen molar-refractivity contribution in [3.8, 4) is 0 Å². The number of amides is 1. The monoisotopic (exact) mass is 327 g/mol. The molecule has 0 aromatic carbocycles. The molecule has 0 radical (unpaired) electrons. The topological polar surface area (TPSA) is 102 Å². The molecule has 0 unspecified atom stereocenters. The van der Waals surface area contributed by atoms with Crippen molar-refractivity contribution < 1.29 is 19.1 Å². The highest BCUT2D eigenvalue weighted by atomic mass is 32.2. The molecule has 1 amide bonds. The summed E-state index contributed by atoms with van der Waals surface area (Å²) < 4.78 is 9.73. The number of rotatable bonds is 5. The minimum atomic E-state index is -0.474. The fourth-order valence-corrected chi connectivity index (χ4v) is 2.69. The Morgan fingerprint density at radius 1 is 1.45 bits per heavy atom. The van der Waals surface area contributed by atoms with Crippen LogP contribution in [0.4, 0.5) is 0 Å². The molecule has 1 aromatic rings. The predicted octanol–water partition coefficient (Wildman–Crippen LogP) is -0.564. The quantitative estimate of drug-likeness (QED) is 0.439. The van der Waals surface area contributed by atoms with Gasteiger partial charge in [-0.05, 0) is 0 Å². The SMILES string of the molecule is COC(=O)Cc1cc(=O)[nH]c(SCC(=O)N2CCOCC2)n1. The van der Waals surface area contributed by atoms with Gasteiger partial charge in [-0.25, -0.2) is 4.98 Å². The molecule has 1 N–H and O–H groups in total. The smallest absolute Gasteiger partial charge is 0.311 e. The predicted molar refractivity (Wildman–Crippen MR) is 78.7 cm³/mol. The fourth-order valence-electron chi connectivity index (χ4n) is 1.90. The average molecular weight is 327 g/mol. The van der Waals surface area contributed by atoms with Crippen LogP contribution in [-0.4, -0.2) is 65.9 Å². The lowest BCUT2D eigenvalue weighted by molar-refractivity contribution is -0.139. The first kappa shape index (κ1) is 16.5. The molecule has 1 saturated heterocycles. The van der Waals surface area contributed by atoms with E-state index in [1.165, 1.54) is 13.2 Å². The Hall–Kier alpha value is -1.87. The number of esters is 1. The zero-order chi connectivity index (χ0) is 15.9. The van der Waals surface area contributed by atoms with Gasteiger partial charge in [0, 0.05) is 19.2 Å². The first-order valence-corrected chi connectivity index (χ1v) is 7.72. The molecule has 9 heteroatoms. The second kappa shape index (κ2) is 7.95. The molecule has 8 nitrogen and oxygen atoms in total. The first-order chi connectivity index (χ1) is 10.6. The summed E-state index contributed by atoms with van der Waals surface area (Å²) >= 11 is 1.13. The number of carbonyl (C=O) groups excluding carboxylic acids is 2. The molecule has 1 fully saturated rings. The number of morpholine rings is 1. The van der Waals surface area contributed by atoms with E-state index in [4.69, 9.17) is 4.74 Å². The Morgan fingerprint density at radius 2 is 2.18 bits per heavy atom. The summed E-state index contributed by atoms with van der Waals surface area (Å²) in [4.78, 5) is 43.2. The maximum atomic E-state index is 12.0. The average Bonchev–Trinajstić information content (AvgIpc) is 2.52. The van der Waals surface area contributed by atoms with Crippen LogP contribution in [0.15, 0.2) is 16.0 Å². The lowest BCUT2D eigenvalue weighted by atomic mass is 10.3. The van der Waals surface area contributed by atoms with E-state index in [2.05, 4.69) is 14.7 Å². The van der Waals surface area contributed by atoms with E-state index in [1.807, 2.05) is 0 Å². The highest BCUT2D eigenvalue weighted by Crippen LogP contribution is 2.13. The van der Waals surface area contributed by atoms with Gasteiger partial charge in [0.25, 0.3) is 5.56 Å². The number of aromatic nitrogens is 2. The van der Waals surface area contributed by atoms with Crippen molar-refractivity contribution >= 4 is 23.6 Å². The van der Waals surface area contributed by atoms with E-state index in [0.717, 1.165) is 11.8 Å². The van der Waals surface area contributed by atoms with Gasteiger partial charge in [-0.15, -0.1) is 0 Å². The minimum Gasteiger partial charge on any atom is -0.469 e. The van der Waals surface area contributed by atoms with Crippen molar-refractivity contribution in [1.82, 2.24) is 14.9 Å². The van der Waals surface area contributed by atoms with Crippen molar-refractivity contribution in [3.63, 3.8) is 0 Å². The lowest BCUT2D eigenvalue weighted by Gasteiger charge is -2.26. The minimum absolute atomic E-state index is 0.0330. The molecule has 2 heterocycles. The number of ether oxygens (including phenoxy) is 2. The largest absolute Gasteiger partial charge is 0.469 e. The van der Waals surface area contributed by atoms with Gasteiger partial charge in [0.2, 0.25) is 5.91 Å². The first-order valence-electron chi connectivity index (χ1n) is 6.74. The normalized spacial score (nSPS) is 14.7.